The Balaban J connectivity index is 1.78. The van der Waals surface area contributed by atoms with Gasteiger partial charge in [-0.05, 0) is 49.3 Å². The first kappa shape index (κ1) is 20.5. The SMILES string of the molecule is CC(C)CC(=O)N1CCC[C@@H]1c1nc(CCc2ccc(F)cc2)c(C(=O)O)s1. The van der Waals surface area contributed by atoms with Gasteiger partial charge in [-0.2, -0.15) is 0 Å². The number of thiazole rings is 1. The standard InChI is InChI=1S/C21H25FN2O3S/c1-13(2)12-18(25)24-11-3-4-17(24)20-23-16(19(28-20)21(26)27)10-7-14-5-8-15(22)9-6-14/h5-6,8-9,13,17H,3-4,7,10-12H2,1-2H3,(H,26,27)/t17-/m1/s1. The molecule has 1 aromatic carbocycles. The first-order valence-corrected chi connectivity index (χ1v) is 10.4. The average molecular weight is 405 g/mol. The van der Waals surface area contributed by atoms with Gasteiger partial charge in [0.25, 0.3) is 0 Å². The third kappa shape index (κ3) is 4.76. The zero-order valence-electron chi connectivity index (χ0n) is 16.2. The molecule has 0 aliphatic carbocycles. The number of carbonyl (C=O) groups is 2. The fraction of sp³-hybridized carbons (Fsp3) is 0.476. The van der Waals surface area contributed by atoms with E-state index in [0.29, 0.717) is 36.5 Å². The second-order valence-electron chi connectivity index (χ2n) is 7.60. The third-order valence-corrected chi connectivity index (χ3v) is 6.10. The normalized spacial score (nSPS) is 16.7. The molecular weight excluding hydrogens is 379 g/mol. The number of likely N-dealkylation sites (tertiary alicyclic amines) is 1. The van der Waals surface area contributed by atoms with Crippen molar-refractivity contribution in [3.8, 4) is 0 Å². The highest BCUT2D eigenvalue weighted by Crippen LogP contribution is 2.36. The van der Waals surface area contributed by atoms with E-state index in [0.717, 1.165) is 18.4 Å². The maximum absolute atomic E-state index is 13.1. The Morgan fingerprint density at radius 3 is 2.64 bits per heavy atom. The molecule has 7 heteroatoms. The Morgan fingerprint density at radius 1 is 1.29 bits per heavy atom. The molecule has 0 spiro atoms. The van der Waals surface area contributed by atoms with Gasteiger partial charge in [-0.15, -0.1) is 11.3 Å². The van der Waals surface area contributed by atoms with Crippen molar-refractivity contribution in [2.75, 3.05) is 6.54 Å². The zero-order valence-corrected chi connectivity index (χ0v) is 17.0. The van der Waals surface area contributed by atoms with E-state index in [-0.39, 0.29) is 28.6 Å². The summed E-state index contributed by atoms with van der Waals surface area (Å²) in [4.78, 5) is 31.0. The Bertz CT molecular complexity index is 848. The van der Waals surface area contributed by atoms with E-state index in [1.54, 1.807) is 12.1 Å². The van der Waals surface area contributed by atoms with Crippen LogP contribution in [0.1, 0.15) is 65.1 Å². The fourth-order valence-electron chi connectivity index (χ4n) is 3.55. The Labute approximate surface area is 168 Å². The molecule has 150 valence electrons. The molecular formula is C21H25FN2O3S. The van der Waals surface area contributed by atoms with Crippen LogP contribution in [0.15, 0.2) is 24.3 Å². The van der Waals surface area contributed by atoms with E-state index in [1.165, 1.54) is 23.5 Å². The lowest BCUT2D eigenvalue weighted by Crippen LogP contribution is -2.31. The summed E-state index contributed by atoms with van der Waals surface area (Å²) < 4.78 is 13.1. The number of amides is 1. The summed E-state index contributed by atoms with van der Waals surface area (Å²) >= 11 is 1.18. The molecule has 1 saturated heterocycles. The summed E-state index contributed by atoms with van der Waals surface area (Å²) in [6, 6.07) is 6.07. The van der Waals surface area contributed by atoms with E-state index in [2.05, 4.69) is 4.98 Å². The molecule has 0 radical (unpaired) electrons. The largest absolute Gasteiger partial charge is 0.477 e. The maximum atomic E-state index is 13.1. The van der Waals surface area contributed by atoms with Crippen LogP contribution in [0.2, 0.25) is 0 Å². The van der Waals surface area contributed by atoms with Crippen molar-refractivity contribution < 1.29 is 19.1 Å². The number of nitrogens with zero attached hydrogens (tertiary/aromatic N) is 2. The lowest BCUT2D eigenvalue weighted by atomic mass is 10.1. The van der Waals surface area contributed by atoms with Gasteiger partial charge in [-0.1, -0.05) is 26.0 Å². The van der Waals surface area contributed by atoms with Crippen molar-refractivity contribution in [3.63, 3.8) is 0 Å². The van der Waals surface area contributed by atoms with Crippen LogP contribution in [0.3, 0.4) is 0 Å². The molecule has 1 aliphatic heterocycles. The van der Waals surface area contributed by atoms with Gasteiger partial charge >= 0.3 is 5.97 Å². The summed E-state index contributed by atoms with van der Waals surface area (Å²) in [5.41, 5.74) is 1.47. The number of aromatic carboxylic acids is 1. The first-order valence-electron chi connectivity index (χ1n) is 9.62. The number of carboxylic acid groups (broad SMARTS) is 1. The highest BCUT2D eigenvalue weighted by Gasteiger charge is 2.33. The summed E-state index contributed by atoms with van der Waals surface area (Å²) in [5, 5.41) is 10.3. The molecule has 1 aliphatic rings. The molecule has 0 unspecified atom stereocenters. The number of halogens is 1. The number of hydrogen-bond acceptors (Lipinski definition) is 4. The van der Waals surface area contributed by atoms with Gasteiger partial charge in [0, 0.05) is 13.0 Å². The average Bonchev–Trinajstić information content (AvgIpc) is 3.27. The van der Waals surface area contributed by atoms with Gasteiger partial charge in [-0.25, -0.2) is 14.2 Å². The summed E-state index contributed by atoms with van der Waals surface area (Å²) in [6.07, 6.45) is 3.26. The highest BCUT2D eigenvalue weighted by molar-refractivity contribution is 7.13. The van der Waals surface area contributed by atoms with Crippen molar-refractivity contribution >= 4 is 23.2 Å². The minimum Gasteiger partial charge on any atom is -0.477 e. The first-order chi connectivity index (χ1) is 13.3. The maximum Gasteiger partial charge on any atom is 0.347 e. The number of aryl methyl sites for hydroxylation is 2. The van der Waals surface area contributed by atoms with Crippen LogP contribution in [0.5, 0.6) is 0 Å². The van der Waals surface area contributed by atoms with E-state index < -0.39 is 5.97 Å². The minimum absolute atomic E-state index is 0.109. The number of rotatable bonds is 7. The second kappa shape index (κ2) is 8.82. The van der Waals surface area contributed by atoms with Gasteiger partial charge in [0.2, 0.25) is 5.91 Å². The zero-order chi connectivity index (χ0) is 20.3. The Morgan fingerprint density at radius 2 is 2.00 bits per heavy atom. The van der Waals surface area contributed by atoms with Crippen LogP contribution < -0.4 is 0 Å². The Kier molecular flexibility index (Phi) is 6.44. The highest BCUT2D eigenvalue weighted by atomic mass is 32.1. The van der Waals surface area contributed by atoms with Crippen molar-refractivity contribution in [1.29, 1.82) is 0 Å². The monoisotopic (exact) mass is 404 g/mol. The summed E-state index contributed by atoms with van der Waals surface area (Å²) in [7, 11) is 0. The molecule has 2 aromatic rings. The lowest BCUT2D eigenvalue weighted by molar-refractivity contribution is -0.132. The number of benzene rings is 1. The molecule has 3 rings (SSSR count). The number of carbonyl (C=O) groups excluding carboxylic acids is 1. The molecule has 1 amide bonds. The number of hydrogen-bond donors (Lipinski definition) is 1. The van der Waals surface area contributed by atoms with Crippen molar-refractivity contribution in [2.24, 2.45) is 5.92 Å². The van der Waals surface area contributed by atoms with Crippen LogP contribution in [0, 0.1) is 11.7 Å². The van der Waals surface area contributed by atoms with Crippen molar-refractivity contribution in [1.82, 2.24) is 9.88 Å². The number of carboxylic acids is 1. The quantitative estimate of drug-likeness (QED) is 0.739. The van der Waals surface area contributed by atoms with Gasteiger partial charge in [0.05, 0.1) is 11.7 Å². The number of aromatic nitrogens is 1. The Hall–Kier alpha value is -2.28. The van der Waals surface area contributed by atoms with Gasteiger partial charge < -0.3 is 10.0 Å². The van der Waals surface area contributed by atoms with E-state index in [9.17, 15) is 19.1 Å². The lowest BCUT2D eigenvalue weighted by Gasteiger charge is -2.24. The van der Waals surface area contributed by atoms with Gasteiger partial charge in [0.1, 0.15) is 15.7 Å². The molecule has 0 bridgehead atoms. The predicted molar refractivity (Wildman–Crippen MR) is 106 cm³/mol. The minimum atomic E-state index is -0.990. The van der Waals surface area contributed by atoms with Crippen LogP contribution in [0.4, 0.5) is 4.39 Å². The molecule has 1 N–H and O–H groups in total. The van der Waals surface area contributed by atoms with Crippen molar-refractivity contribution in [2.45, 2.75) is 52.0 Å². The van der Waals surface area contributed by atoms with Crippen LogP contribution in [0.25, 0.3) is 0 Å². The van der Waals surface area contributed by atoms with E-state index in [4.69, 9.17) is 0 Å². The molecule has 1 atom stereocenters. The van der Waals surface area contributed by atoms with Gasteiger partial charge in [-0.3, -0.25) is 4.79 Å². The van der Waals surface area contributed by atoms with Crippen LogP contribution in [-0.2, 0) is 17.6 Å². The molecule has 2 heterocycles. The second-order valence-corrected chi connectivity index (χ2v) is 8.63. The predicted octanol–water partition coefficient (Wildman–Crippen LogP) is 4.48. The van der Waals surface area contributed by atoms with E-state index >= 15 is 0 Å². The molecule has 28 heavy (non-hydrogen) atoms. The van der Waals surface area contributed by atoms with Crippen LogP contribution >= 0.6 is 11.3 Å². The molecule has 1 aromatic heterocycles. The molecule has 0 saturated carbocycles. The van der Waals surface area contributed by atoms with Gasteiger partial charge in [0.15, 0.2) is 0 Å². The summed E-state index contributed by atoms with van der Waals surface area (Å²) in [5.74, 6) is -0.891. The van der Waals surface area contributed by atoms with E-state index in [1.807, 2.05) is 18.7 Å². The van der Waals surface area contributed by atoms with Crippen LogP contribution in [-0.4, -0.2) is 33.4 Å². The third-order valence-electron chi connectivity index (χ3n) is 4.91. The summed E-state index contributed by atoms with van der Waals surface area (Å²) in [6.45, 7) is 4.73. The van der Waals surface area contributed by atoms with Crippen molar-refractivity contribution in [3.05, 3.63) is 51.2 Å². The topological polar surface area (TPSA) is 70.5 Å². The smallest absolute Gasteiger partial charge is 0.347 e. The molecule has 5 nitrogen and oxygen atoms in total. The molecule has 1 fully saturated rings. The fourth-order valence-corrected chi connectivity index (χ4v) is 4.65.